The Labute approximate surface area is 96.3 Å². The molecule has 1 aromatic heterocycles. The topological polar surface area (TPSA) is 24.9 Å². The summed E-state index contributed by atoms with van der Waals surface area (Å²) in [7, 11) is 0. The van der Waals surface area contributed by atoms with Crippen molar-refractivity contribution >= 4 is 5.69 Å². The number of hydrogen-bond acceptors (Lipinski definition) is 2. The second kappa shape index (κ2) is 5.28. The van der Waals surface area contributed by atoms with Crippen molar-refractivity contribution < 1.29 is 4.39 Å². The molecule has 0 saturated heterocycles. The Bertz CT molecular complexity index is 332. The van der Waals surface area contributed by atoms with Gasteiger partial charge in [0, 0.05) is 24.0 Å². The van der Waals surface area contributed by atoms with E-state index in [1.165, 1.54) is 44.4 Å². The zero-order valence-corrected chi connectivity index (χ0v) is 9.75. The van der Waals surface area contributed by atoms with E-state index >= 15 is 0 Å². The second-order valence-corrected chi connectivity index (χ2v) is 4.64. The minimum Gasteiger partial charge on any atom is -0.382 e. The Kier molecular flexibility index (Phi) is 3.75. The third-order valence-corrected chi connectivity index (χ3v) is 3.52. The first-order chi connectivity index (χ1) is 7.78. The van der Waals surface area contributed by atoms with Crippen molar-refractivity contribution in [2.24, 2.45) is 5.92 Å². The normalized spacial score (nSPS) is 25.4. The largest absolute Gasteiger partial charge is 0.382 e. The van der Waals surface area contributed by atoms with Crippen LogP contribution in [0.1, 0.15) is 39.0 Å². The number of aromatic nitrogens is 1. The monoisotopic (exact) mass is 222 g/mol. The molecule has 0 aromatic carbocycles. The lowest BCUT2D eigenvalue weighted by Crippen LogP contribution is -2.25. The van der Waals surface area contributed by atoms with Crippen molar-refractivity contribution in [3.63, 3.8) is 0 Å². The van der Waals surface area contributed by atoms with Crippen molar-refractivity contribution in [2.75, 3.05) is 5.32 Å². The van der Waals surface area contributed by atoms with E-state index in [4.69, 9.17) is 0 Å². The SMILES string of the molecule is CCC1CCC(Nc2ccnc(F)c2)CC1. The van der Waals surface area contributed by atoms with E-state index in [-0.39, 0.29) is 0 Å². The highest BCUT2D eigenvalue weighted by atomic mass is 19.1. The van der Waals surface area contributed by atoms with Crippen molar-refractivity contribution in [3.05, 3.63) is 24.3 Å². The smallest absolute Gasteiger partial charge is 0.214 e. The first-order valence-corrected chi connectivity index (χ1v) is 6.16. The van der Waals surface area contributed by atoms with Crippen LogP contribution in [0.4, 0.5) is 10.1 Å². The van der Waals surface area contributed by atoms with Gasteiger partial charge in [-0.1, -0.05) is 13.3 Å². The minimum atomic E-state index is -0.410. The molecular formula is C13H19FN2. The maximum atomic E-state index is 12.9. The van der Waals surface area contributed by atoms with Crippen LogP contribution in [0.5, 0.6) is 0 Å². The Morgan fingerprint density at radius 1 is 1.38 bits per heavy atom. The number of nitrogens with zero attached hydrogens (tertiary/aromatic N) is 1. The first-order valence-electron chi connectivity index (χ1n) is 6.16. The first kappa shape index (κ1) is 11.4. The Hall–Kier alpha value is -1.12. The molecule has 1 aliphatic carbocycles. The molecule has 0 amide bonds. The van der Waals surface area contributed by atoms with Gasteiger partial charge in [-0.3, -0.25) is 0 Å². The van der Waals surface area contributed by atoms with E-state index in [9.17, 15) is 4.39 Å². The van der Waals surface area contributed by atoms with Gasteiger partial charge in [0.2, 0.25) is 5.95 Å². The molecule has 1 aliphatic rings. The van der Waals surface area contributed by atoms with Gasteiger partial charge in [-0.2, -0.15) is 4.39 Å². The standard InChI is InChI=1S/C13H19FN2/c1-2-10-3-5-11(6-4-10)16-12-7-8-15-13(14)9-12/h7-11H,2-6H2,1H3,(H,15,16). The van der Waals surface area contributed by atoms with E-state index in [1.54, 1.807) is 0 Å². The number of rotatable bonds is 3. The molecule has 0 atom stereocenters. The zero-order chi connectivity index (χ0) is 11.4. The van der Waals surface area contributed by atoms with Gasteiger partial charge in [0.15, 0.2) is 0 Å². The van der Waals surface area contributed by atoms with Gasteiger partial charge in [0.25, 0.3) is 0 Å². The summed E-state index contributed by atoms with van der Waals surface area (Å²) in [6.45, 7) is 2.26. The van der Waals surface area contributed by atoms with Crippen LogP contribution < -0.4 is 5.32 Å². The number of pyridine rings is 1. The van der Waals surface area contributed by atoms with Crippen molar-refractivity contribution in [2.45, 2.75) is 45.1 Å². The van der Waals surface area contributed by atoms with Gasteiger partial charge in [-0.15, -0.1) is 0 Å². The lowest BCUT2D eigenvalue weighted by Gasteiger charge is -2.29. The van der Waals surface area contributed by atoms with Crippen LogP contribution >= 0.6 is 0 Å². The lowest BCUT2D eigenvalue weighted by atomic mass is 9.84. The van der Waals surface area contributed by atoms with Gasteiger partial charge in [-0.25, -0.2) is 4.98 Å². The number of halogens is 1. The quantitative estimate of drug-likeness (QED) is 0.790. The van der Waals surface area contributed by atoms with Crippen molar-refractivity contribution in [1.29, 1.82) is 0 Å². The van der Waals surface area contributed by atoms with E-state index < -0.39 is 5.95 Å². The predicted molar refractivity (Wildman–Crippen MR) is 63.9 cm³/mol. The minimum absolute atomic E-state index is 0.410. The average molecular weight is 222 g/mol. The Morgan fingerprint density at radius 3 is 2.75 bits per heavy atom. The third-order valence-electron chi connectivity index (χ3n) is 3.52. The van der Waals surface area contributed by atoms with Crippen LogP contribution in [0.15, 0.2) is 18.3 Å². The molecule has 0 unspecified atom stereocenters. The fourth-order valence-corrected chi connectivity index (χ4v) is 2.44. The molecule has 0 radical (unpaired) electrons. The van der Waals surface area contributed by atoms with Crippen LogP contribution in [0.25, 0.3) is 0 Å². The molecular weight excluding hydrogens is 203 g/mol. The molecule has 1 heterocycles. The third kappa shape index (κ3) is 2.94. The molecule has 1 saturated carbocycles. The highest BCUT2D eigenvalue weighted by Gasteiger charge is 2.19. The van der Waals surface area contributed by atoms with Crippen molar-refractivity contribution in [3.8, 4) is 0 Å². The van der Waals surface area contributed by atoms with Gasteiger partial charge < -0.3 is 5.32 Å². The van der Waals surface area contributed by atoms with E-state index in [1.807, 2.05) is 6.07 Å². The summed E-state index contributed by atoms with van der Waals surface area (Å²) in [6.07, 6.45) is 7.78. The maximum Gasteiger partial charge on any atom is 0.214 e. The summed E-state index contributed by atoms with van der Waals surface area (Å²) in [5.74, 6) is 0.486. The summed E-state index contributed by atoms with van der Waals surface area (Å²) in [5.41, 5.74) is 0.854. The van der Waals surface area contributed by atoms with Crippen LogP contribution in [0, 0.1) is 11.9 Å². The maximum absolute atomic E-state index is 12.9. The van der Waals surface area contributed by atoms with Crippen LogP contribution in [-0.2, 0) is 0 Å². The molecule has 0 spiro atoms. The number of hydrogen-bond donors (Lipinski definition) is 1. The molecule has 1 fully saturated rings. The van der Waals surface area contributed by atoms with Gasteiger partial charge in [0.05, 0.1) is 0 Å². The van der Waals surface area contributed by atoms with E-state index in [0.717, 1.165) is 11.6 Å². The molecule has 1 N–H and O–H groups in total. The highest BCUT2D eigenvalue weighted by Crippen LogP contribution is 2.28. The molecule has 0 bridgehead atoms. The second-order valence-electron chi connectivity index (χ2n) is 4.64. The molecule has 16 heavy (non-hydrogen) atoms. The number of nitrogens with one attached hydrogen (secondary N) is 1. The van der Waals surface area contributed by atoms with Crippen LogP contribution in [-0.4, -0.2) is 11.0 Å². The van der Waals surface area contributed by atoms with Gasteiger partial charge >= 0.3 is 0 Å². The average Bonchev–Trinajstić information content (AvgIpc) is 2.30. The van der Waals surface area contributed by atoms with Crippen LogP contribution in [0.3, 0.4) is 0 Å². The summed E-state index contributed by atoms with van der Waals surface area (Å²) in [4.78, 5) is 3.55. The summed E-state index contributed by atoms with van der Waals surface area (Å²) in [6, 6.07) is 3.80. The van der Waals surface area contributed by atoms with E-state index in [2.05, 4.69) is 17.2 Å². The fourth-order valence-electron chi connectivity index (χ4n) is 2.44. The van der Waals surface area contributed by atoms with Gasteiger partial charge in [-0.05, 0) is 37.7 Å². The molecule has 2 rings (SSSR count). The molecule has 2 nitrogen and oxygen atoms in total. The predicted octanol–water partition coefficient (Wildman–Crippen LogP) is 3.60. The van der Waals surface area contributed by atoms with Crippen molar-refractivity contribution in [1.82, 2.24) is 4.98 Å². The summed E-state index contributed by atoms with van der Waals surface area (Å²) in [5, 5.41) is 3.39. The Morgan fingerprint density at radius 2 is 2.12 bits per heavy atom. The molecule has 88 valence electrons. The molecule has 1 aromatic rings. The lowest BCUT2D eigenvalue weighted by molar-refractivity contribution is 0.330. The molecule has 0 aliphatic heterocycles. The Balaban J connectivity index is 1.87. The van der Waals surface area contributed by atoms with Crippen LogP contribution in [0.2, 0.25) is 0 Å². The molecule has 3 heteroatoms. The summed E-state index contributed by atoms with van der Waals surface area (Å²) < 4.78 is 12.9. The highest BCUT2D eigenvalue weighted by molar-refractivity contribution is 5.42. The van der Waals surface area contributed by atoms with E-state index in [0.29, 0.717) is 6.04 Å². The summed E-state index contributed by atoms with van der Waals surface area (Å²) >= 11 is 0. The number of anilines is 1. The van der Waals surface area contributed by atoms with Gasteiger partial charge in [0.1, 0.15) is 0 Å². The zero-order valence-electron chi connectivity index (χ0n) is 9.75. The fraction of sp³-hybridized carbons (Fsp3) is 0.615.